The fraction of sp³-hybridized carbons (Fsp3) is 0.417. The Morgan fingerprint density at radius 1 is 1.21 bits per heavy atom. The molecule has 184 valence electrons. The van der Waals surface area contributed by atoms with Crippen molar-refractivity contribution in [1.29, 1.82) is 0 Å². The lowest BCUT2D eigenvalue weighted by atomic mass is 9.94. The molecule has 6 nitrogen and oxygen atoms in total. The fourth-order valence-corrected chi connectivity index (χ4v) is 5.76. The molecule has 34 heavy (non-hydrogen) atoms. The highest BCUT2D eigenvalue weighted by Crippen LogP contribution is 2.37. The van der Waals surface area contributed by atoms with Gasteiger partial charge in [0.1, 0.15) is 18.2 Å². The number of ether oxygens (including phenoxy) is 1. The zero-order valence-corrected chi connectivity index (χ0v) is 20.2. The first-order valence-corrected chi connectivity index (χ1v) is 12.5. The minimum atomic E-state index is -1.78. The van der Waals surface area contributed by atoms with Gasteiger partial charge in [-0.05, 0) is 72.4 Å². The summed E-state index contributed by atoms with van der Waals surface area (Å²) < 4.78 is 47.5. The molecule has 1 fully saturated rings. The van der Waals surface area contributed by atoms with Crippen LogP contribution in [0.4, 0.5) is 13.6 Å². The van der Waals surface area contributed by atoms with Gasteiger partial charge in [0.25, 0.3) is 0 Å². The van der Waals surface area contributed by atoms with E-state index in [0.717, 1.165) is 18.2 Å². The van der Waals surface area contributed by atoms with Gasteiger partial charge in [-0.3, -0.25) is 4.79 Å². The molecule has 0 saturated carbocycles. The molecule has 0 bridgehead atoms. The van der Waals surface area contributed by atoms with Gasteiger partial charge >= 0.3 is 12.1 Å². The highest BCUT2D eigenvalue weighted by atomic mass is 35.5. The van der Waals surface area contributed by atoms with Gasteiger partial charge in [0.2, 0.25) is 0 Å². The smallest absolute Gasteiger partial charge is 0.409 e. The normalized spacial score (nSPS) is 17.1. The molecular formula is C24H26ClF2NO5S. The minimum Gasteiger partial charge on any atom is -0.611 e. The van der Waals surface area contributed by atoms with Gasteiger partial charge in [0.05, 0.1) is 0 Å². The van der Waals surface area contributed by atoms with Crippen molar-refractivity contribution >= 4 is 34.8 Å². The lowest BCUT2D eigenvalue weighted by molar-refractivity contribution is -0.138. The first kappa shape index (κ1) is 26.2. The summed E-state index contributed by atoms with van der Waals surface area (Å²) >= 11 is 4.13. The highest BCUT2D eigenvalue weighted by molar-refractivity contribution is 7.91. The van der Waals surface area contributed by atoms with Crippen LogP contribution in [0.2, 0.25) is 5.02 Å². The lowest BCUT2D eigenvalue weighted by Gasteiger charge is -2.31. The molecule has 1 saturated heterocycles. The number of aliphatic carboxylic acids is 1. The van der Waals surface area contributed by atoms with Crippen molar-refractivity contribution in [3.8, 4) is 0 Å². The molecule has 1 aliphatic heterocycles. The summed E-state index contributed by atoms with van der Waals surface area (Å²) in [5.74, 6) is -2.82. The van der Waals surface area contributed by atoms with Crippen molar-refractivity contribution in [3.05, 3.63) is 64.7 Å². The number of carboxylic acids is 1. The molecule has 2 aromatic rings. The Morgan fingerprint density at radius 2 is 1.85 bits per heavy atom. The predicted molar refractivity (Wildman–Crippen MR) is 124 cm³/mol. The quantitative estimate of drug-likeness (QED) is 0.475. The van der Waals surface area contributed by atoms with E-state index in [0.29, 0.717) is 35.8 Å². The van der Waals surface area contributed by atoms with E-state index in [1.807, 2.05) is 0 Å². The lowest BCUT2D eigenvalue weighted by Crippen LogP contribution is -2.40. The molecule has 0 radical (unpaired) electrons. The van der Waals surface area contributed by atoms with Crippen LogP contribution in [0.1, 0.15) is 37.0 Å². The van der Waals surface area contributed by atoms with Gasteiger partial charge in [-0.25, -0.2) is 13.6 Å². The van der Waals surface area contributed by atoms with E-state index in [-0.39, 0.29) is 24.5 Å². The number of likely N-dealkylation sites (tertiary alicyclic amines) is 1. The SMILES string of the molecule is C[C@H](COC(=O)N1CCC(CC(=O)O)CC1)[C@@H](c1cc(F)ccc1F)[S+]([O-])c1ccc(Cl)cc1. The van der Waals surface area contributed by atoms with Gasteiger partial charge in [0, 0.05) is 36.0 Å². The Labute approximate surface area is 205 Å². The zero-order valence-electron chi connectivity index (χ0n) is 18.6. The number of carbonyl (C=O) groups excluding carboxylic acids is 1. The topological polar surface area (TPSA) is 89.9 Å². The summed E-state index contributed by atoms with van der Waals surface area (Å²) in [7, 11) is 0. The maximum atomic E-state index is 14.7. The predicted octanol–water partition coefficient (Wildman–Crippen LogP) is 5.43. The molecular weight excluding hydrogens is 488 g/mol. The number of rotatable bonds is 8. The number of amides is 1. The van der Waals surface area contributed by atoms with E-state index in [1.165, 1.54) is 4.90 Å². The minimum absolute atomic E-state index is 0.0163. The Balaban J connectivity index is 1.71. The monoisotopic (exact) mass is 513 g/mol. The van der Waals surface area contributed by atoms with Crippen LogP contribution in [0.3, 0.4) is 0 Å². The number of piperidine rings is 1. The number of hydrogen-bond donors (Lipinski definition) is 1. The van der Waals surface area contributed by atoms with Crippen molar-refractivity contribution in [1.82, 2.24) is 4.90 Å². The van der Waals surface area contributed by atoms with Gasteiger partial charge in [-0.2, -0.15) is 0 Å². The number of nitrogens with zero attached hydrogens (tertiary/aromatic N) is 1. The average Bonchev–Trinajstić information content (AvgIpc) is 2.80. The Bertz CT molecular complexity index is 1000. The number of hydrogen-bond acceptors (Lipinski definition) is 4. The van der Waals surface area contributed by atoms with Crippen LogP contribution in [0.15, 0.2) is 47.4 Å². The molecule has 3 atom stereocenters. The maximum Gasteiger partial charge on any atom is 0.409 e. The molecule has 3 rings (SSSR count). The van der Waals surface area contributed by atoms with Gasteiger partial charge < -0.3 is 19.3 Å². The summed E-state index contributed by atoms with van der Waals surface area (Å²) in [6, 6.07) is 9.22. The third-order valence-electron chi connectivity index (χ3n) is 5.86. The molecule has 2 aromatic carbocycles. The van der Waals surface area contributed by atoms with E-state index in [9.17, 15) is 22.9 Å². The second kappa shape index (κ2) is 11.9. The van der Waals surface area contributed by atoms with E-state index >= 15 is 0 Å². The largest absolute Gasteiger partial charge is 0.611 e. The first-order valence-electron chi connectivity index (χ1n) is 10.9. The maximum absolute atomic E-state index is 14.7. The van der Waals surface area contributed by atoms with Crippen LogP contribution in [0.5, 0.6) is 0 Å². The third-order valence-corrected chi connectivity index (χ3v) is 8.03. The highest BCUT2D eigenvalue weighted by Gasteiger charge is 2.36. The molecule has 1 aliphatic rings. The molecule has 0 spiro atoms. The van der Waals surface area contributed by atoms with Crippen LogP contribution in [0.25, 0.3) is 0 Å². The Morgan fingerprint density at radius 3 is 2.47 bits per heavy atom. The number of carboxylic acid groups (broad SMARTS) is 1. The summed E-state index contributed by atoms with van der Waals surface area (Å²) in [6.45, 7) is 2.26. The van der Waals surface area contributed by atoms with E-state index in [4.69, 9.17) is 21.4 Å². The summed E-state index contributed by atoms with van der Waals surface area (Å²) in [5.41, 5.74) is -0.0636. The Hall–Kier alpha value is -2.36. The molecule has 0 aromatic heterocycles. The molecule has 10 heteroatoms. The van der Waals surface area contributed by atoms with Crippen molar-refractivity contribution < 1.29 is 32.8 Å². The number of halogens is 3. The zero-order chi connectivity index (χ0) is 24.8. The molecule has 1 N–H and O–H groups in total. The van der Waals surface area contributed by atoms with Crippen molar-refractivity contribution in [2.24, 2.45) is 11.8 Å². The van der Waals surface area contributed by atoms with Gasteiger partial charge in [-0.1, -0.05) is 18.5 Å². The summed E-state index contributed by atoms with van der Waals surface area (Å²) in [5, 5.41) is 8.39. The number of benzene rings is 2. The van der Waals surface area contributed by atoms with Crippen LogP contribution < -0.4 is 0 Å². The van der Waals surface area contributed by atoms with Crippen LogP contribution >= 0.6 is 11.6 Å². The summed E-state index contributed by atoms with van der Waals surface area (Å²) in [4.78, 5) is 25.3. The first-order chi connectivity index (χ1) is 16.2. The fourth-order valence-electron chi connectivity index (χ4n) is 4.03. The second-order valence-corrected chi connectivity index (χ2v) is 10.4. The molecule has 1 unspecified atom stereocenters. The van der Waals surface area contributed by atoms with Crippen LogP contribution in [-0.2, 0) is 20.7 Å². The van der Waals surface area contributed by atoms with Gasteiger partial charge in [-0.15, -0.1) is 0 Å². The molecule has 1 heterocycles. The van der Waals surface area contributed by atoms with E-state index in [1.54, 1.807) is 31.2 Å². The van der Waals surface area contributed by atoms with Crippen molar-refractivity contribution in [2.45, 2.75) is 36.3 Å². The van der Waals surface area contributed by atoms with Crippen LogP contribution in [-0.4, -0.2) is 46.3 Å². The third kappa shape index (κ3) is 6.84. The van der Waals surface area contributed by atoms with Crippen molar-refractivity contribution in [3.63, 3.8) is 0 Å². The summed E-state index contributed by atoms with van der Waals surface area (Å²) in [6.07, 6.45) is 0.622. The average molecular weight is 514 g/mol. The van der Waals surface area contributed by atoms with E-state index in [2.05, 4.69) is 0 Å². The van der Waals surface area contributed by atoms with Gasteiger partial charge in [0.15, 0.2) is 10.1 Å². The van der Waals surface area contributed by atoms with Crippen LogP contribution in [0, 0.1) is 23.5 Å². The molecule has 1 amide bonds. The van der Waals surface area contributed by atoms with E-state index < -0.39 is 46.0 Å². The Kier molecular flexibility index (Phi) is 9.16. The molecule has 0 aliphatic carbocycles. The second-order valence-electron chi connectivity index (χ2n) is 8.42. The standard InChI is InChI=1S/C24H26ClF2NO5S/c1-15(14-33-24(31)28-10-8-16(9-11-28)12-22(29)30)23(20-13-18(26)4-7-21(20)27)34(32)19-5-2-17(25)3-6-19/h2-7,13,15-16,23H,8-12,14H2,1H3,(H,29,30)/t15-,23+,34?/m1/s1. The number of carbonyl (C=O) groups is 2. The van der Waals surface area contributed by atoms with Crippen molar-refractivity contribution in [2.75, 3.05) is 19.7 Å².